The van der Waals surface area contributed by atoms with Crippen molar-refractivity contribution >= 4 is 11.9 Å². The van der Waals surface area contributed by atoms with Crippen LogP contribution in [0.2, 0.25) is 0 Å². The number of amides is 1. The van der Waals surface area contributed by atoms with Crippen LogP contribution in [-0.4, -0.2) is 37.8 Å². The first kappa shape index (κ1) is 16.7. The molecule has 1 amide bonds. The van der Waals surface area contributed by atoms with E-state index in [0.29, 0.717) is 12.2 Å². The van der Waals surface area contributed by atoms with Crippen LogP contribution in [-0.2, 0) is 23.1 Å². The number of nitrogens with one attached hydrogen (secondary N) is 1. The highest BCUT2D eigenvalue weighted by Crippen LogP contribution is 2.47. The molecule has 1 aliphatic rings. The Balaban J connectivity index is 1.62. The van der Waals surface area contributed by atoms with Gasteiger partial charge in [-0.3, -0.25) is 4.79 Å². The van der Waals surface area contributed by atoms with E-state index >= 15 is 0 Å². The quantitative estimate of drug-likeness (QED) is 0.756. The van der Waals surface area contributed by atoms with Crippen molar-refractivity contribution in [1.82, 2.24) is 20.1 Å². The van der Waals surface area contributed by atoms with E-state index in [2.05, 4.69) is 21.4 Å². The second kappa shape index (κ2) is 6.77. The molecule has 3 rings (SSSR count). The van der Waals surface area contributed by atoms with Crippen LogP contribution in [0.1, 0.15) is 29.3 Å². The number of carbonyl (C=O) groups is 2. The fourth-order valence-electron chi connectivity index (χ4n) is 2.83. The highest BCUT2D eigenvalue weighted by atomic mass is 16.4. The third kappa shape index (κ3) is 3.69. The number of hydrogen-bond acceptors (Lipinski definition) is 4. The Morgan fingerprint density at radius 2 is 2.16 bits per heavy atom. The number of aliphatic carboxylic acids is 1. The van der Waals surface area contributed by atoms with Crippen LogP contribution in [0.3, 0.4) is 0 Å². The van der Waals surface area contributed by atoms with E-state index < -0.39 is 12.0 Å². The molecule has 7 nitrogen and oxygen atoms in total. The number of benzene rings is 1. The summed E-state index contributed by atoms with van der Waals surface area (Å²) in [7, 11) is 1.73. The fraction of sp³-hybridized carbons (Fsp3) is 0.333. The van der Waals surface area contributed by atoms with Crippen LogP contribution >= 0.6 is 0 Å². The molecule has 2 aromatic rings. The lowest BCUT2D eigenvalue weighted by molar-refractivity contribution is -0.142. The summed E-state index contributed by atoms with van der Waals surface area (Å²) in [6, 6.07) is 6.50. The Bertz CT molecular complexity index is 835. The molecule has 1 aliphatic carbocycles. The third-order valence-electron chi connectivity index (χ3n) is 4.44. The minimum atomic E-state index is -1.09. The van der Waals surface area contributed by atoms with Crippen LogP contribution in [0.25, 0.3) is 0 Å². The van der Waals surface area contributed by atoms with Gasteiger partial charge in [-0.05, 0) is 30.0 Å². The van der Waals surface area contributed by atoms with Gasteiger partial charge in [0.25, 0.3) is 0 Å². The van der Waals surface area contributed by atoms with Crippen LogP contribution in [0.4, 0.5) is 0 Å². The maximum Gasteiger partial charge on any atom is 0.326 e. The summed E-state index contributed by atoms with van der Waals surface area (Å²) >= 11 is 0. The van der Waals surface area contributed by atoms with Gasteiger partial charge in [-0.15, -0.1) is 16.6 Å². The number of terminal acetylenes is 1. The van der Waals surface area contributed by atoms with E-state index in [-0.39, 0.29) is 24.2 Å². The van der Waals surface area contributed by atoms with Crippen molar-refractivity contribution in [3.05, 3.63) is 47.5 Å². The van der Waals surface area contributed by atoms with Gasteiger partial charge < -0.3 is 15.0 Å². The number of aromatic nitrogens is 3. The fourth-order valence-corrected chi connectivity index (χ4v) is 2.83. The average molecular weight is 338 g/mol. The molecule has 3 atom stereocenters. The topological polar surface area (TPSA) is 97.1 Å². The first-order valence-electron chi connectivity index (χ1n) is 7.92. The molecule has 0 radical (unpaired) electrons. The van der Waals surface area contributed by atoms with Crippen molar-refractivity contribution in [1.29, 1.82) is 0 Å². The molecule has 128 valence electrons. The van der Waals surface area contributed by atoms with Gasteiger partial charge in [-0.1, -0.05) is 18.1 Å². The summed E-state index contributed by atoms with van der Waals surface area (Å²) in [5.74, 6) is 1.62. The Kier molecular flexibility index (Phi) is 4.52. The zero-order valence-electron chi connectivity index (χ0n) is 13.7. The molecule has 7 heteroatoms. The summed E-state index contributed by atoms with van der Waals surface area (Å²) in [6.45, 7) is 0. The molecule has 25 heavy (non-hydrogen) atoms. The number of nitrogens with zero attached hydrogens (tertiary/aromatic N) is 3. The Morgan fingerprint density at radius 1 is 1.44 bits per heavy atom. The zero-order valence-corrected chi connectivity index (χ0v) is 13.7. The van der Waals surface area contributed by atoms with Crippen LogP contribution in [0, 0.1) is 18.3 Å². The smallest absolute Gasteiger partial charge is 0.326 e. The molecule has 0 aliphatic heterocycles. The van der Waals surface area contributed by atoms with Gasteiger partial charge >= 0.3 is 5.97 Å². The number of carboxylic acids is 1. The van der Waals surface area contributed by atoms with Crippen molar-refractivity contribution in [2.24, 2.45) is 13.0 Å². The summed E-state index contributed by atoms with van der Waals surface area (Å²) in [5, 5.41) is 19.6. The molecule has 3 unspecified atom stereocenters. The SMILES string of the molecule is C#Cc1ccc(C2CC2C(=O)NC(Cc2nncn2C)C(=O)O)cc1. The maximum atomic E-state index is 12.4. The van der Waals surface area contributed by atoms with Crippen molar-refractivity contribution < 1.29 is 14.7 Å². The lowest BCUT2D eigenvalue weighted by Gasteiger charge is -2.14. The van der Waals surface area contributed by atoms with Crippen molar-refractivity contribution in [3.8, 4) is 12.3 Å². The highest BCUT2D eigenvalue weighted by Gasteiger charge is 2.44. The molecule has 0 bridgehead atoms. The van der Waals surface area contributed by atoms with Gasteiger partial charge in [0, 0.05) is 24.9 Å². The molecule has 2 N–H and O–H groups in total. The number of carbonyl (C=O) groups excluding carboxylic acids is 1. The molecule has 1 fully saturated rings. The van der Waals surface area contributed by atoms with E-state index in [4.69, 9.17) is 6.42 Å². The molecule has 0 saturated heterocycles. The Morgan fingerprint density at radius 3 is 2.72 bits per heavy atom. The van der Waals surface area contributed by atoms with Crippen molar-refractivity contribution in [2.75, 3.05) is 0 Å². The van der Waals surface area contributed by atoms with E-state index in [9.17, 15) is 14.7 Å². The summed E-state index contributed by atoms with van der Waals surface area (Å²) in [6.07, 6.45) is 7.62. The van der Waals surface area contributed by atoms with E-state index in [0.717, 1.165) is 11.1 Å². The van der Waals surface area contributed by atoms with Gasteiger partial charge in [0.05, 0.1) is 0 Å². The number of hydrogen-bond donors (Lipinski definition) is 2. The summed E-state index contributed by atoms with van der Waals surface area (Å²) < 4.78 is 1.63. The third-order valence-corrected chi connectivity index (χ3v) is 4.44. The minimum Gasteiger partial charge on any atom is -0.480 e. The Hall–Kier alpha value is -3.14. The number of carboxylic acid groups (broad SMARTS) is 1. The van der Waals surface area contributed by atoms with Crippen LogP contribution < -0.4 is 5.32 Å². The Labute approximate surface area is 145 Å². The maximum absolute atomic E-state index is 12.4. The molecular weight excluding hydrogens is 320 g/mol. The van der Waals surface area contributed by atoms with Crippen LogP contribution in [0.5, 0.6) is 0 Å². The molecule has 0 spiro atoms. The number of rotatable bonds is 6. The molecule has 1 heterocycles. The van der Waals surface area contributed by atoms with Gasteiger partial charge in [0.15, 0.2) is 0 Å². The molecular formula is C18H18N4O3. The second-order valence-electron chi connectivity index (χ2n) is 6.18. The van der Waals surface area contributed by atoms with E-state index in [1.807, 2.05) is 24.3 Å². The molecule has 1 aromatic heterocycles. The van der Waals surface area contributed by atoms with Crippen molar-refractivity contribution in [2.45, 2.75) is 24.8 Å². The first-order valence-corrected chi connectivity index (χ1v) is 7.92. The normalized spacial score (nSPS) is 19.7. The van der Waals surface area contributed by atoms with Gasteiger partial charge in [0.1, 0.15) is 18.2 Å². The predicted molar refractivity (Wildman–Crippen MR) is 89.5 cm³/mol. The molecule has 1 aromatic carbocycles. The summed E-state index contributed by atoms with van der Waals surface area (Å²) in [4.78, 5) is 23.8. The molecule has 1 saturated carbocycles. The first-order chi connectivity index (χ1) is 12.0. The minimum absolute atomic E-state index is 0.0891. The van der Waals surface area contributed by atoms with Gasteiger partial charge in [-0.2, -0.15) is 0 Å². The zero-order chi connectivity index (χ0) is 18.0. The van der Waals surface area contributed by atoms with Crippen molar-refractivity contribution in [3.63, 3.8) is 0 Å². The highest BCUT2D eigenvalue weighted by molar-refractivity contribution is 5.87. The lowest BCUT2D eigenvalue weighted by Crippen LogP contribution is -2.43. The van der Waals surface area contributed by atoms with Gasteiger partial charge in [-0.25, -0.2) is 4.79 Å². The average Bonchev–Trinajstić information content (AvgIpc) is 3.31. The lowest BCUT2D eigenvalue weighted by atomic mass is 10.1. The van der Waals surface area contributed by atoms with Gasteiger partial charge in [0.2, 0.25) is 5.91 Å². The van der Waals surface area contributed by atoms with Crippen LogP contribution in [0.15, 0.2) is 30.6 Å². The predicted octanol–water partition coefficient (Wildman–Crippen LogP) is 0.712. The summed E-state index contributed by atoms with van der Waals surface area (Å²) in [5.41, 5.74) is 1.83. The largest absolute Gasteiger partial charge is 0.480 e. The standard InChI is InChI=1S/C18H18N4O3/c1-3-11-4-6-12(7-5-11)13-8-14(13)17(23)20-15(18(24)25)9-16-21-19-10-22(16)2/h1,4-7,10,13-15H,8-9H2,2H3,(H,20,23)(H,24,25). The number of aryl methyl sites for hydroxylation is 1. The van der Waals surface area contributed by atoms with E-state index in [1.165, 1.54) is 6.33 Å². The van der Waals surface area contributed by atoms with E-state index in [1.54, 1.807) is 11.6 Å². The second-order valence-corrected chi connectivity index (χ2v) is 6.18. The monoisotopic (exact) mass is 338 g/mol.